The predicted molar refractivity (Wildman–Crippen MR) is 104 cm³/mol. The van der Waals surface area contributed by atoms with Gasteiger partial charge in [-0.05, 0) is 33.6 Å². The molecule has 0 fully saturated rings. The molecule has 3 N–H and O–H groups in total. The fourth-order valence-corrected chi connectivity index (χ4v) is 2.44. The topological polar surface area (TPSA) is 92.6 Å². The number of ether oxygens (including phenoxy) is 1. The van der Waals surface area contributed by atoms with Gasteiger partial charge in [-0.15, -0.1) is 0 Å². The van der Waals surface area contributed by atoms with Crippen LogP contribution in [0.1, 0.15) is 47.5 Å². The second-order valence-electron chi connectivity index (χ2n) is 7.27. The molecule has 0 aliphatic rings. The first-order chi connectivity index (χ1) is 12.2. The highest BCUT2D eigenvalue weighted by Crippen LogP contribution is 2.16. The molecule has 1 aromatic heterocycles. The Morgan fingerprint density at radius 2 is 1.92 bits per heavy atom. The number of carbonyl (C=O) groups is 1. The minimum atomic E-state index is -0.518. The second-order valence-corrected chi connectivity index (χ2v) is 7.27. The third-order valence-electron chi connectivity index (χ3n) is 4.16. The smallest absolute Gasteiger partial charge is 0.408 e. The molecular formula is C18H34N6O2. The maximum atomic E-state index is 12.2. The molecule has 1 heterocycles. The van der Waals surface area contributed by atoms with Crippen LogP contribution in [0.3, 0.4) is 0 Å². The van der Waals surface area contributed by atoms with Crippen LogP contribution in [0.25, 0.3) is 0 Å². The van der Waals surface area contributed by atoms with Gasteiger partial charge in [0.15, 0.2) is 5.96 Å². The van der Waals surface area contributed by atoms with E-state index in [1.165, 1.54) is 0 Å². The van der Waals surface area contributed by atoms with Crippen molar-refractivity contribution in [2.45, 2.75) is 65.1 Å². The minimum Gasteiger partial charge on any atom is -0.444 e. The molecule has 0 bridgehead atoms. The molecule has 0 aromatic carbocycles. The summed E-state index contributed by atoms with van der Waals surface area (Å²) in [5.41, 5.74) is -0.917. The van der Waals surface area contributed by atoms with Gasteiger partial charge in [0.1, 0.15) is 5.60 Å². The third-order valence-corrected chi connectivity index (χ3v) is 4.16. The molecule has 26 heavy (non-hydrogen) atoms. The van der Waals surface area contributed by atoms with Crippen molar-refractivity contribution in [2.75, 3.05) is 20.1 Å². The maximum Gasteiger partial charge on any atom is 0.408 e. The van der Waals surface area contributed by atoms with Crippen molar-refractivity contribution in [3.8, 4) is 0 Å². The van der Waals surface area contributed by atoms with E-state index in [1.807, 2.05) is 31.5 Å². The van der Waals surface area contributed by atoms with E-state index in [1.54, 1.807) is 19.6 Å². The van der Waals surface area contributed by atoms with Gasteiger partial charge in [-0.25, -0.2) is 9.78 Å². The summed E-state index contributed by atoms with van der Waals surface area (Å²) in [6, 6.07) is 0. The van der Waals surface area contributed by atoms with E-state index in [9.17, 15) is 4.79 Å². The number of nitrogens with one attached hydrogen (secondary N) is 3. The van der Waals surface area contributed by atoms with E-state index in [0.29, 0.717) is 12.5 Å². The number of aliphatic imine (C=N–C) groups is 1. The average molecular weight is 367 g/mol. The van der Waals surface area contributed by atoms with Gasteiger partial charge in [0.05, 0.1) is 11.9 Å². The SMILES string of the molecule is CCC(CC)(CNC(=NC)NCCn1ccnc1)NC(=O)OC(C)(C)C. The Kier molecular flexibility index (Phi) is 8.41. The van der Waals surface area contributed by atoms with Gasteiger partial charge < -0.3 is 25.3 Å². The zero-order valence-electron chi connectivity index (χ0n) is 16.9. The molecule has 0 saturated heterocycles. The van der Waals surface area contributed by atoms with Crippen molar-refractivity contribution in [2.24, 2.45) is 4.99 Å². The highest BCUT2D eigenvalue weighted by Gasteiger charge is 2.30. The summed E-state index contributed by atoms with van der Waals surface area (Å²) in [5, 5.41) is 9.60. The highest BCUT2D eigenvalue weighted by molar-refractivity contribution is 5.79. The molecule has 1 aromatic rings. The number of rotatable bonds is 8. The van der Waals surface area contributed by atoms with E-state index in [0.717, 1.165) is 25.9 Å². The summed E-state index contributed by atoms with van der Waals surface area (Å²) < 4.78 is 7.40. The van der Waals surface area contributed by atoms with Crippen LogP contribution in [0.4, 0.5) is 4.79 Å². The number of hydrogen-bond donors (Lipinski definition) is 3. The fraction of sp³-hybridized carbons (Fsp3) is 0.722. The Morgan fingerprint density at radius 3 is 2.42 bits per heavy atom. The molecule has 8 nitrogen and oxygen atoms in total. The van der Waals surface area contributed by atoms with Gasteiger partial charge in [-0.2, -0.15) is 0 Å². The number of guanidine groups is 1. The van der Waals surface area contributed by atoms with E-state index in [-0.39, 0.29) is 0 Å². The lowest BCUT2D eigenvalue weighted by Crippen LogP contribution is -2.57. The summed E-state index contributed by atoms with van der Waals surface area (Å²) >= 11 is 0. The Hall–Kier alpha value is -2.25. The molecule has 0 aliphatic carbocycles. The third kappa shape index (κ3) is 7.76. The van der Waals surface area contributed by atoms with Gasteiger partial charge in [0.2, 0.25) is 0 Å². The van der Waals surface area contributed by atoms with Crippen LogP contribution in [0, 0.1) is 0 Å². The van der Waals surface area contributed by atoms with Gasteiger partial charge in [0.25, 0.3) is 0 Å². The van der Waals surface area contributed by atoms with Crippen molar-refractivity contribution in [3.05, 3.63) is 18.7 Å². The molecule has 1 amide bonds. The molecule has 0 spiro atoms. The first-order valence-electron chi connectivity index (χ1n) is 9.15. The summed E-state index contributed by atoms with van der Waals surface area (Å²) in [5.74, 6) is 0.697. The minimum absolute atomic E-state index is 0.397. The van der Waals surface area contributed by atoms with Crippen LogP contribution in [0.2, 0.25) is 0 Å². The van der Waals surface area contributed by atoms with Crippen LogP contribution in [-0.4, -0.2) is 52.9 Å². The number of hydrogen-bond acceptors (Lipinski definition) is 4. The Labute approximate surface area is 156 Å². The molecule has 0 radical (unpaired) electrons. The van der Waals surface area contributed by atoms with Crippen molar-refractivity contribution in [1.82, 2.24) is 25.5 Å². The van der Waals surface area contributed by atoms with Crippen molar-refractivity contribution in [1.29, 1.82) is 0 Å². The van der Waals surface area contributed by atoms with Gasteiger partial charge in [0, 0.05) is 39.1 Å². The number of aromatic nitrogens is 2. The normalized spacial score (nSPS) is 12.6. The van der Waals surface area contributed by atoms with Crippen molar-refractivity contribution >= 4 is 12.1 Å². The molecule has 0 unspecified atom stereocenters. The van der Waals surface area contributed by atoms with E-state index < -0.39 is 17.2 Å². The molecule has 0 atom stereocenters. The number of amides is 1. The Morgan fingerprint density at radius 1 is 1.23 bits per heavy atom. The zero-order valence-corrected chi connectivity index (χ0v) is 16.9. The van der Waals surface area contributed by atoms with Gasteiger partial charge in [-0.3, -0.25) is 4.99 Å². The standard InChI is InChI=1S/C18H34N6O2/c1-7-18(8-2,23-16(25)26-17(3,4)5)13-22-15(19-6)21-10-12-24-11-9-20-14-24/h9,11,14H,7-8,10,12-13H2,1-6H3,(H,23,25)(H2,19,21,22). The molecule has 148 valence electrons. The molecular weight excluding hydrogens is 332 g/mol. The molecule has 8 heteroatoms. The lowest BCUT2D eigenvalue weighted by atomic mass is 9.93. The van der Waals surface area contributed by atoms with Crippen molar-refractivity contribution < 1.29 is 9.53 Å². The average Bonchev–Trinajstić information content (AvgIpc) is 3.08. The van der Waals surface area contributed by atoms with Gasteiger partial charge >= 0.3 is 6.09 Å². The summed E-state index contributed by atoms with van der Waals surface area (Å²) in [4.78, 5) is 20.5. The van der Waals surface area contributed by atoms with Crippen molar-refractivity contribution in [3.63, 3.8) is 0 Å². The first kappa shape index (κ1) is 21.8. The van der Waals surface area contributed by atoms with Crippen LogP contribution in [0.5, 0.6) is 0 Å². The summed E-state index contributed by atoms with van der Waals surface area (Å²) in [6.45, 7) is 11.8. The largest absolute Gasteiger partial charge is 0.444 e. The summed E-state index contributed by atoms with van der Waals surface area (Å²) in [6.07, 6.45) is 6.62. The number of nitrogens with zero attached hydrogens (tertiary/aromatic N) is 3. The molecule has 0 aliphatic heterocycles. The Balaban J connectivity index is 2.54. The van der Waals surface area contributed by atoms with Crippen LogP contribution in [0.15, 0.2) is 23.7 Å². The quantitative estimate of drug-likeness (QED) is 0.484. The van der Waals surface area contributed by atoms with Crippen LogP contribution >= 0.6 is 0 Å². The number of imidazole rings is 1. The highest BCUT2D eigenvalue weighted by atomic mass is 16.6. The van der Waals surface area contributed by atoms with Gasteiger partial charge in [-0.1, -0.05) is 13.8 Å². The second kappa shape index (κ2) is 10.0. The molecule has 0 saturated carbocycles. The maximum absolute atomic E-state index is 12.2. The van der Waals surface area contributed by atoms with Crippen LogP contribution < -0.4 is 16.0 Å². The lowest BCUT2D eigenvalue weighted by molar-refractivity contribution is 0.0448. The summed E-state index contributed by atoms with van der Waals surface area (Å²) in [7, 11) is 1.73. The number of carbonyl (C=O) groups excluding carboxylic acids is 1. The number of alkyl carbamates (subject to hydrolysis) is 1. The van der Waals surface area contributed by atoms with E-state index in [2.05, 4.69) is 39.8 Å². The van der Waals surface area contributed by atoms with Crippen LogP contribution in [-0.2, 0) is 11.3 Å². The predicted octanol–water partition coefficient (Wildman–Crippen LogP) is 2.13. The lowest BCUT2D eigenvalue weighted by Gasteiger charge is -2.34. The molecule has 1 rings (SSSR count). The van der Waals surface area contributed by atoms with E-state index in [4.69, 9.17) is 4.74 Å². The first-order valence-corrected chi connectivity index (χ1v) is 9.15. The fourth-order valence-electron chi connectivity index (χ4n) is 2.44. The van der Waals surface area contributed by atoms with E-state index >= 15 is 0 Å². The Bertz CT molecular complexity index is 559. The zero-order chi connectivity index (χ0) is 19.6. The monoisotopic (exact) mass is 366 g/mol.